The Balaban J connectivity index is 1.85. The molecule has 0 spiro atoms. The van der Waals surface area contributed by atoms with Crippen LogP contribution >= 0.6 is 11.3 Å². The van der Waals surface area contributed by atoms with Crippen LogP contribution in [-0.4, -0.2) is 36.5 Å². The van der Waals surface area contributed by atoms with E-state index in [1.54, 1.807) is 16.2 Å². The lowest BCUT2D eigenvalue weighted by Crippen LogP contribution is -2.41. The largest absolute Gasteiger partial charge is 0.467 e. The summed E-state index contributed by atoms with van der Waals surface area (Å²) in [7, 11) is 1.38. The lowest BCUT2D eigenvalue weighted by Gasteiger charge is -2.23. The lowest BCUT2D eigenvalue weighted by atomic mass is 9.95. The van der Waals surface area contributed by atoms with Gasteiger partial charge in [0.1, 0.15) is 6.04 Å². The van der Waals surface area contributed by atoms with Crippen molar-refractivity contribution in [2.75, 3.05) is 13.7 Å². The topological polar surface area (TPSA) is 46.6 Å². The number of amides is 1. The highest BCUT2D eigenvalue weighted by molar-refractivity contribution is 7.10. The zero-order valence-corrected chi connectivity index (χ0v) is 12.5. The van der Waals surface area contributed by atoms with E-state index in [0.29, 0.717) is 13.0 Å². The van der Waals surface area contributed by atoms with E-state index in [0.717, 1.165) is 31.2 Å². The normalized spacial score (nSPS) is 21.6. The average Bonchev–Trinajstić information content (AvgIpc) is 3.12. The summed E-state index contributed by atoms with van der Waals surface area (Å²) in [6.07, 6.45) is 6.05. The van der Waals surface area contributed by atoms with Crippen LogP contribution in [0.3, 0.4) is 0 Å². The molecule has 0 saturated carbocycles. The molecule has 0 bridgehead atoms. The summed E-state index contributed by atoms with van der Waals surface area (Å²) in [6.45, 7) is 0.656. The number of hydrogen-bond donors (Lipinski definition) is 0. The van der Waals surface area contributed by atoms with Crippen LogP contribution < -0.4 is 0 Å². The Kier molecular flexibility index (Phi) is 3.78. The van der Waals surface area contributed by atoms with E-state index >= 15 is 0 Å². The fourth-order valence-corrected chi connectivity index (χ4v) is 4.34. The van der Waals surface area contributed by atoms with Crippen LogP contribution in [-0.2, 0) is 22.4 Å². The van der Waals surface area contributed by atoms with Crippen LogP contribution in [0, 0.1) is 0 Å². The number of carbonyl (C=O) groups is 2. The van der Waals surface area contributed by atoms with Crippen molar-refractivity contribution in [3.8, 4) is 0 Å². The molecule has 1 amide bonds. The molecule has 1 aliphatic heterocycles. The van der Waals surface area contributed by atoms with Gasteiger partial charge in [0.15, 0.2) is 0 Å². The van der Waals surface area contributed by atoms with Gasteiger partial charge in [-0.05, 0) is 44.1 Å². The Morgan fingerprint density at radius 3 is 2.90 bits per heavy atom. The predicted molar refractivity (Wildman–Crippen MR) is 77.0 cm³/mol. The molecular formula is C15H19NO3S. The van der Waals surface area contributed by atoms with Crippen molar-refractivity contribution in [3.63, 3.8) is 0 Å². The van der Waals surface area contributed by atoms with Gasteiger partial charge in [-0.3, -0.25) is 4.79 Å². The maximum absolute atomic E-state index is 12.7. The Bertz CT molecular complexity index is 537. The first-order chi connectivity index (χ1) is 9.72. The molecule has 1 unspecified atom stereocenters. The van der Waals surface area contributed by atoms with Crippen molar-refractivity contribution in [2.24, 2.45) is 0 Å². The van der Waals surface area contributed by atoms with Gasteiger partial charge in [0.2, 0.25) is 0 Å². The standard InChI is InChI=1S/C15H19NO3S/c1-19-15(18)12-6-4-8-16(12)14(17)11-9-20-13-7-3-2-5-10(11)13/h9,12H,2-8H2,1H3. The second-order valence-electron chi connectivity index (χ2n) is 5.44. The van der Waals surface area contributed by atoms with E-state index in [1.807, 2.05) is 5.38 Å². The highest BCUT2D eigenvalue weighted by Gasteiger charge is 2.36. The number of esters is 1. The van der Waals surface area contributed by atoms with Crippen molar-refractivity contribution >= 4 is 23.2 Å². The molecule has 1 aliphatic carbocycles. The van der Waals surface area contributed by atoms with Gasteiger partial charge in [0.05, 0.1) is 12.7 Å². The van der Waals surface area contributed by atoms with Gasteiger partial charge >= 0.3 is 5.97 Å². The Labute approximate surface area is 122 Å². The molecule has 20 heavy (non-hydrogen) atoms. The second kappa shape index (κ2) is 5.56. The van der Waals surface area contributed by atoms with Gasteiger partial charge in [-0.15, -0.1) is 11.3 Å². The Morgan fingerprint density at radius 2 is 2.10 bits per heavy atom. The highest BCUT2D eigenvalue weighted by atomic mass is 32.1. The van der Waals surface area contributed by atoms with Gasteiger partial charge in [0, 0.05) is 16.8 Å². The van der Waals surface area contributed by atoms with Gasteiger partial charge in [-0.1, -0.05) is 0 Å². The number of thiophene rings is 1. The van der Waals surface area contributed by atoms with Crippen LogP contribution in [0.5, 0.6) is 0 Å². The van der Waals surface area contributed by atoms with Crippen molar-refractivity contribution < 1.29 is 14.3 Å². The fraction of sp³-hybridized carbons (Fsp3) is 0.600. The van der Waals surface area contributed by atoms with Crippen molar-refractivity contribution in [1.29, 1.82) is 0 Å². The monoisotopic (exact) mass is 293 g/mol. The van der Waals surface area contributed by atoms with E-state index in [-0.39, 0.29) is 11.9 Å². The van der Waals surface area contributed by atoms with Gasteiger partial charge in [-0.2, -0.15) is 0 Å². The quantitative estimate of drug-likeness (QED) is 0.787. The van der Waals surface area contributed by atoms with Crippen LogP contribution in [0.15, 0.2) is 5.38 Å². The lowest BCUT2D eigenvalue weighted by molar-refractivity contribution is -0.145. The van der Waals surface area contributed by atoms with Crippen LogP contribution in [0.2, 0.25) is 0 Å². The van der Waals surface area contributed by atoms with E-state index in [2.05, 4.69) is 0 Å². The van der Waals surface area contributed by atoms with Crippen molar-refractivity contribution in [3.05, 3.63) is 21.4 Å². The Morgan fingerprint density at radius 1 is 1.30 bits per heavy atom. The number of aryl methyl sites for hydroxylation is 1. The molecule has 3 rings (SSSR count). The van der Waals surface area contributed by atoms with Crippen molar-refractivity contribution in [1.82, 2.24) is 4.90 Å². The molecule has 4 nitrogen and oxygen atoms in total. The number of likely N-dealkylation sites (tertiary alicyclic amines) is 1. The molecule has 0 N–H and O–H groups in total. The third-order valence-corrected chi connectivity index (χ3v) is 5.37. The van der Waals surface area contributed by atoms with Crippen LogP contribution in [0.4, 0.5) is 0 Å². The maximum Gasteiger partial charge on any atom is 0.328 e. The van der Waals surface area contributed by atoms with Gasteiger partial charge in [0.25, 0.3) is 5.91 Å². The zero-order chi connectivity index (χ0) is 14.1. The first-order valence-corrected chi connectivity index (χ1v) is 8.08. The maximum atomic E-state index is 12.7. The summed E-state index contributed by atoms with van der Waals surface area (Å²) in [6, 6.07) is -0.397. The number of ether oxygens (including phenoxy) is 1. The number of nitrogens with zero attached hydrogens (tertiary/aromatic N) is 1. The first-order valence-electron chi connectivity index (χ1n) is 7.20. The number of hydrogen-bond acceptors (Lipinski definition) is 4. The number of rotatable bonds is 2. The average molecular weight is 293 g/mol. The minimum atomic E-state index is -0.397. The van der Waals surface area contributed by atoms with E-state index < -0.39 is 6.04 Å². The summed E-state index contributed by atoms with van der Waals surface area (Å²) in [5.74, 6) is -0.280. The third-order valence-electron chi connectivity index (χ3n) is 4.28. The summed E-state index contributed by atoms with van der Waals surface area (Å²) < 4.78 is 4.81. The molecule has 2 heterocycles. The Hall–Kier alpha value is -1.36. The molecule has 108 valence electrons. The first kappa shape index (κ1) is 13.6. The van der Waals surface area contributed by atoms with E-state index in [1.165, 1.54) is 24.0 Å². The zero-order valence-electron chi connectivity index (χ0n) is 11.7. The fourth-order valence-electron chi connectivity index (χ4n) is 3.22. The van der Waals surface area contributed by atoms with Crippen molar-refractivity contribution in [2.45, 2.75) is 44.6 Å². The SMILES string of the molecule is COC(=O)C1CCCN1C(=O)c1csc2c1CCCC2. The summed E-state index contributed by atoms with van der Waals surface area (Å²) in [5, 5.41) is 1.98. The smallest absolute Gasteiger partial charge is 0.328 e. The summed E-state index contributed by atoms with van der Waals surface area (Å²) >= 11 is 1.69. The summed E-state index contributed by atoms with van der Waals surface area (Å²) in [4.78, 5) is 27.6. The highest BCUT2D eigenvalue weighted by Crippen LogP contribution is 2.32. The second-order valence-corrected chi connectivity index (χ2v) is 6.40. The molecule has 2 aliphatic rings. The number of methoxy groups -OCH3 is 1. The predicted octanol–water partition coefficient (Wildman–Crippen LogP) is 2.40. The molecule has 0 radical (unpaired) electrons. The molecule has 1 fully saturated rings. The number of carbonyl (C=O) groups excluding carboxylic acids is 2. The van der Waals surface area contributed by atoms with Gasteiger partial charge in [-0.25, -0.2) is 4.79 Å². The molecular weight excluding hydrogens is 274 g/mol. The minimum absolute atomic E-state index is 0.0114. The molecule has 1 aromatic heterocycles. The van der Waals surface area contributed by atoms with E-state index in [9.17, 15) is 9.59 Å². The minimum Gasteiger partial charge on any atom is -0.467 e. The molecule has 5 heteroatoms. The molecule has 1 aromatic rings. The third kappa shape index (κ3) is 2.24. The van der Waals surface area contributed by atoms with E-state index in [4.69, 9.17) is 4.74 Å². The molecule has 1 saturated heterocycles. The van der Waals surface area contributed by atoms with Crippen LogP contribution in [0.25, 0.3) is 0 Å². The molecule has 0 aromatic carbocycles. The van der Waals surface area contributed by atoms with Gasteiger partial charge < -0.3 is 9.64 Å². The molecule has 1 atom stereocenters. The van der Waals surface area contributed by atoms with Crippen LogP contribution in [0.1, 0.15) is 46.5 Å². The summed E-state index contributed by atoms with van der Waals surface area (Å²) in [5.41, 5.74) is 2.04. The number of fused-ring (bicyclic) bond motifs is 1.